The number of ether oxygens (including phenoxy) is 1. The minimum absolute atomic E-state index is 0.365. The molecule has 0 spiro atoms. The molecule has 3 N–H and O–H groups in total. The van der Waals surface area contributed by atoms with Crippen molar-refractivity contribution in [2.75, 3.05) is 11.1 Å². The zero-order valence-electron chi connectivity index (χ0n) is 19.8. The molecule has 0 heterocycles. The highest BCUT2D eigenvalue weighted by atomic mass is 16.6. The molecule has 0 saturated heterocycles. The molecule has 1 amide bonds. The van der Waals surface area contributed by atoms with E-state index in [1.54, 1.807) is 0 Å². The number of rotatable bonds is 6. The van der Waals surface area contributed by atoms with Gasteiger partial charge in [0.2, 0.25) is 0 Å². The molecule has 172 valence electrons. The first-order valence-electron chi connectivity index (χ1n) is 10.8. The predicted octanol–water partition coefficient (Wildman–Crippen LogP) is 6.53. The molecule has 0 aromatic heterocycles. The number of carbonyl (C=O) groups excluding carboxylic acids is 1. The van der Waals surface area contributed by atoms with Gasteiger partial charge in [-0.05, 0) is 75.6 Å². The summed E-state index contributed by atoms with van der Waals surface area (Å²) >= 11 is 0. The van der Waals surface area contributed by atoms with Crippen LogP contribution in [0.15, 0.2) is 71.9 Å². The van der Waals surface area contributed by atoms with Gasteiger partial charge in [-0.2, -0.15) is 0 Å². The van der Waals surface area contributed by atoms with E-state index in [1.165, 1.54) is 0 Å². The Kier molecular flexibility index (Phi) is 7.38. The zero-order valence-corrected chi connectivity index (χ0v) is 19.8. The molecular weight excluding hydrogens is 414 g/mol. The lowest BCUT2D eigenvalue weighted by molar-refractivity contribution is 0.0636. The molecule has 6 nitrogen and oxygen atoms in total. The van der Waals surface area contributed by atoms with Crippen molar-refractivity contribution in [2.24, 2.45) is 5.16 Å². The van der Waals surface area contributed by atoms with Gasteiger partial charge < -0.3 is 15.3 Å². The Morgan fingerprint density at radius 1 is 1.00 bits per heavy atom. The van der Waals surface area contributed by atoms with Gasteiger partial charge in [-0.15, -0.1) is 0 Å². The van der Waals surface area contributed by atoms with Crippen molar-refractivity contribution in [3.8, 4) is 11.1 Å². The largest absolute Gasteiger partial charge is 0.444 e. The van der Waals surface area contributed by atoms with Crippen molar-refractivity contribution < 1.29 is 14.4 Å². The number of benzene rings is 3. The van der Waals surface area contributed by atoms with Crippen LogP contribution in [0.2, 0.25) is 0 Å². The normalized spacial score (nSPS) is 11.7. The summed E-state index contributed by atoms with van der Waals surface area (Å²) in [4.78, 5) is 17.6. The lowest BCUT2D eigenvalue weighted by Gasteiger charge is -2.19. The van der Waals surface area contributed by atoms with Crippen LogP contribution < -0.4 is 11.1 Å². The second kappa shape index (κ2) is 10.2. The van der Waals surface area contributed by atoms with E-state index in [9.17, 15) is 4.79 Å². The number of hydrogen-bond donors (Lipinski definition) is 2. The van der Waals surface area contributed by atoms with Crippen LogP contribution in [-0.2, 0) is 16.2 Å². The number of nitrogens with zero attached hydrogens (tertiary/aromatic N) is 1. The predicted molar refractivity (Wildman–Crippen MR) is 134 cm³/mol. The summed E-state index contributed by atoms with van der Waals surface area (Å²) in [5, 5.41) is 7.09. The Morgan fingerprint density at radius 2 is 1.67 bits per heavy atom. The third-order valence-corrected chi connectivity index (χ3v) is 4.82. The molecule has 3 rings (SSSR count). The molecule has 3 aromatic rings. The smallest absolute Gasteiger partial charge is 0.412 e. The van der Waals surface area contributed by atoms with Gasteiger partial charge in [0.1, 0.15) is 12.2 Å². The fourth-order valence-corrected chi connectivity index (χ4v) is 3.23. The molecular formula is C27H31N3O3. The van der Waals surface area contributed by atoms with Crippen LogP contribution in [0.5, 0.6) is 0 Å². The highest BCUT2D eigenvalue weighted by Crippen LogP contribution is 2.27. The van der Waals surface area contributed by atoms with E-state index in [4.69, 9.17) is 15.3 Å². The Bertz CT molecular complexity index is 1130. The minimum atomic E-state index is -0.548. The zero-order chi connectivity index (χ0) is 24.0. The van der Waals surface area contributed by atoms with Crippen molar-refractivity contribution in [3.05, 3.63) is 83.4 Å². The molecule has 0 saturated carbocycles. The SMILES string of the molecule is C/C(=N\OCc1ccc(N)cc1)c1ccc(C)cc1-c1ccc(NC(=O)OC(C)(C)C)cc1. The van der Waals surface area contributed by atoms with Crippen LogP contribution in [-0.4, -0.2) is 17.4 Å². The summed E-state index contributed by atoms with van der Waals surface area (Å²) in [5.41, 5.74) is 12.5. The molecule has 0 atom stereocenters. The van der Waals surface area contributed by atoms with Crippen LogP contribution in [0.4, 0.5) is 16.2 Å². The van der Waals surface area contributed by atoms with Crippen molar-refractivity contribution in [1.82, 2.24) is 0 Å². The average Bonchev–Trinajstić information content (AvgIpc) is 2.74. The summed E-state index contributed by atoms with van der Waals surface area (Å²) < 4.78 is 5.31. The van der Waals surface area contributed by atoms with Gasteiger partial charge in [0.05, 0.1) is 5.71 Å². The van der Waals surface area contributed by atoms with E-state index < -0.39 is 11.7 Å². The third-order valence-electron chi connectivity index (χ3n) is 4.82. The van der Waals surface area contributed by atoms with Crippen LogP contribution in [0.1, 0.15) is 44.4 Å². The van der Waals surface area contributed by atoms with Crippen LogP contribution in [0.25, 0.3) is 11.1 Å². The van der Waals surface area contributed by atoms with Gasteiger partial charge in [-0.1, -0.05) is 53.2 Å². The summed E-state index contributed by atoms with van der Waals surface area (Å²) in [5.74, 6) is 0. The number of hydrogen-bond acceptors (Lipinski definition) is 5. The Morgan fingerprint density at radius 3 is 2.30 bits per heavy atom. The molecule has 0 bridgehead atoms. The number of oxime groups is 1. The fraction of sp³-hybridized carbons (Fsp3) is 0.259. The van der Waals surface area contributed by atoms with Gasteiger partial charge in [0, 0.05) is 16.9 Å². The monoisotopic (exact) mass is 445 g/mol. The first-order valence-corrected chi connectivity index (χ1v) is 10.8. The minimum Gasteiger partial charge on any atom is -0.444 e. The van der Waals surface area contributed by atoms with Gasteiger partial charge in [0.25, 0.3) is 0 Å². The molecule has 3 aromatic carbocycles. The maximum absolute atomic E-state index is 12.0. The number of aryl methyl sites for hydroxylation is 1. The molecule has 33 heavy (non-hydrogen) atoms. The Hall–Kier alpha value is -3.80. The molecule has 0 aliphatic carbocycles. The molecule has 0 fully saturated rings. The maximum atomic E-state index is 12.0. The Balaban J connectivity index is 1.76. The molecule has 0 aliphatic heterocycles. The molecule has 0 unspecified atom stereocenters. The molecule has 0 aliphatic rings. The Labute approximate surface area is 195 Å². The summed E-state index contributed by atoms with van der Waals surface area (Å²) in [6.45, 7) is 9.84. The van der Waals surface area contributed by atoms with E-state index in [0.29, 0.717) is 12.3 Å². The number of nitrogens with two attached hydrogens (primary N) is 1. The number of amides is 1. The van der Waals surface area contributed by atoms with E-state index in [0.717, 1.165) is 39.2 Å². The van der Waals surface area contributed by atoms with E-state index in [2.05, 4.69) is 29.5 Å². The standard InChI is InChI=1S/C27H31N3O3/c1-18-6-15-24(19(2)30-32-17-20-7-11-22(28)12-8-20)25(16-18)21-9-13-23(14-10-21)29-26(31)33-27(3,4)5/h6-16H,17,28H2,1-5H3,(H,29,31)/b30-19+. The van der Waals surface area contributed by atoms with Crippen molar-refractivity contribution in [1.29, 1.82) is 0 Å². The molecule has 0 radical (unpaired) electrons. The first-order chi connectivity index (χ1) is 15.6. The average molecular weight is 446 g/mol. The van der Waals surface area contributed by atoms with Gasteiger partial charge in [-0.25, -0.2) is 4.79 Å². The summed E-state index contributed by atoms with van der Waals surface area (Å²) in [6.07, 6.45) is -0.479. The lowest BCUT2D eigenvalue weighted by Crippen LogP contribution is -2.27. The van der Waals surface area contributed by atoms with Gasteiger partial charge in [-0.3, -0.25) is 5.32 Å². The van der Waals surface area contributed by atoms with Crippen LogP contribution in [0.3, 0.4) is 0 Å². The van der Waals surface area contributed by atoms with Crippen molar-refractivity contribution in [2.45, 2.75) is 46.8 Å². The first kappa shape index (κ1) is 23.9. The van der Waals surface area contributed by atoms with Gasteiger partial charge in [0.15, 0.2) is 0 Å². The van der Waals surface area contributed by atoms with E-state index in [-0.39, 0.29) is 0 Å². The highest BCUT2D eigenvalue weighted by Gasteiger charge is 2.16. The maximum Gasteiger partial charge on any atom is 0.412 e. The fourth-order valence-electron chi connectivity index (χ4n) is 3.23. The van der Waals surface area contributed by atoms with E-state index >= 15 is 0 Å². The highest BCUT2D eigenvalue weighted by molar-refractivity contribution is 6.04. The van der Waals surface area contributed by atoms with E-state index in [1.807, 2.05) is 82.3 Å². The second-order valence-electron chi connectivity index (χ2n) is 8.94. The summed E-state index contributed by atoms with van der Waals surface area (Å²) in [6, 6.07) is 21.4. The number of carbonyl (C=O) groups is 1. The molecule has 6 heteroatoms. The lowest BCUT2D eigenvalue weighted by atomic mass is 9.95. The summed E-state index contributed by atoms with van der Waals surface area (Å²) in [7, 11) is 0. The second-order valence-corrected chi connectivity index (χ2v) is 8.94. The van der Waals surface area contributed by atoms with Crippen molar-refractivity contribution in [3.63, 3.8) is 0 Å². The number of anilines is 2. The van der Waals surface area contributed by atoms with Crippen LogP contribution in [0, 0.1) is 6.92 Å². The quantitative estimate of drug-likeness (QED) is 0.256. The topological polar surface area (TPSA) is 85.9 Å². The third kappa shape index (κ3) is 7.10. The van der Waals surface area contributed by atoms with Crippen molar-refractivity contribution >= 4 is 23.2 Å². The van der Waals surface area contributed by atoms with Gasteiger partial charge >= 0.3 is 6.09 Å². The number of nitrogen functional groups attached to an aromatic ring is 1. The van der Waals surface area contributed by atoms with Crippen LogP contribution >= 0.6 is 0 Å². The number of nitrogens with one attached hydrogen (secondary N) is 1.